The molecule has 2 aromatic heterocycles. The maximum atomic E-state index is 10.1. The van der Waals surface area contributed by atoms with Crippen molar-refractivity contribution in [2.75, 3.05) is 25.1 Å². The van der Waals surface area contributed by atoms with Gasteiger partial charge in [-0.3, -0.25) is 0 Å². The predicted molar refractivity (Wildman–Crippen MR) is 94.3 cm³/mol. The topological polar surface area (TPSA) is 84.6 Å². The second-order valence-electron chi connectivity index (χ2n) is 6.38. The van der Waals surface area contributed by atoms with Crippen LogP contribution in [0.1, 0.15) is 12.8 Å². The van der Waals surface area contributed by atoms with Gasteiger partial charge in [0.1, 0.15) is 12.1 Å². The van der Waals surface area contributed by atoms with Crippen molar-refractivity contribution in [1.82, 2.24) is 19.6 Å². The Bertz CT molecular complexity index is 832. The summed E-state index contributed by atoms with van der Waals surface area (Å²) in [6.07, 6.45) is 3.39. The SMILES string of the molecule is O[C@@H](CNc1cc(-c2ccccc2)nc2ncnn12)COCC1CC1. The number of hydrogen-bond donors (Lipinski definition) is 2. The van der Waals surface area contributed by atoms with E-state index in [2.05, 4.69) is 20.4 Å². The molecule has 25 heavy (non-hydrogen) atoms. The van der Waals surface area contributed by atoms with Gasteiger partial charge in [0.2, 0.25) is 0 Å². The van der Waals surface area contributed by atoms with Crippen molar-refractivity contribution in [2.45, 2.75) is 18.9 Å². The average molecular weight is 339 g/mol. The van der Waals surface area contributed by atoms with Crippen LogP contribution in [0.25, 0.3) is 17.0 Å². The van der Waals surface area contributed by atoms with Crippen LogP contribution >= 0.6 is 0 Å². The highest BCUT2D eigenvalue weighted by Gasteiger charge is 2.21. The Kier molecular flexibility index (Phi) is 4.58. The maximum absolute atomic E-state index is 10.1. The molecule has 0 bridgehead atoms. The lowest BCUT2D eigenvalue weighted by Crippen LogP contribution is -2.26. The van der Waals surface area contributed by atoms with Gasteiger partial charge in [-0.1, -0.05) is 30.3 Å². The molecule has 1 aromatic carbocycles. The summed E-state index contributed by atoms with van der Waals surface area (Å²) in [5.41, 5.74) is 1.81. The van der Waals surface area contributed by atoms with Crippen LogP contribution in [0.4, 0.5) is 5.82 Å². The fourth-order valence-electron chi connectivity index (χ4n) is 2.63. The number of rotatable bonds is 8. The molecule has 2 heterocycles. The van der Waals surface area contributed by atoms with Gasteiger partial charge in [-0.05, 0) is 18.8 Å². The Balaban J connectivity index is 1.47. The molecule has 0 radical (unpaired) electrons. The van der Waals surface area contributed by atoms with Crippen LogP contribution in [0.5, 0.6) is 0 Å². The number of ether oxygens (including phenoxy) is 1. The second kappa shape index (κ2) is 7.16. The van der Waals surface area contributed by atoms with Gasteiger partial charge in [0.15, 0.2) is 0 Å². The van der Waals surface area contributed by atoms with E-state index < -0.39 is 6.10 Å². The molecular formula is C18H21N5O2. The van der Waals surface area contributed by atoms with Gasteiger partial charge in [0.05, 0.1) is 18.4 Å². The van der Waals surface area contributed by atoms with Crippen molar-refractivity contribution in [3.8, 4) is 11.3 Å². The summed E-state index contributed by atoms with van der Waals surface area (Å²) in [7, 11) is 0. The number of aliphatic hydroxyl groups excluding tert-OH is 1. The number of aliphatic hydroxyl groups is 1. The van der Waals surface area contributed by atoms with Crippen molar-refractivity contribution in [2.24, 2.45) is 5.92 Å². The standard InChI is InChI=1S/C18H21N5O2/c24-15(11-25-10-13-6-7-13)9-19-17-8-16(14-4-2-1-3-5-14)22-18-20-12-21-23(17)18/h1-5,8,12-13,15,19,24H,6-7,9-11H2/t15-/m0/s1. The summed E-state index contributed by atoms with van der Waals surface area (Å²) in [4.78, 5) is 8.71. The molecule has 0 amide bonds. The molecule has 0 unspecified atom stereocenters. The normalized spacial score (nSPS) is 15.4. The van der Waals surface area contributed by atoms with Crippen LogP contribution in [0.3, 0.4) is 0 Å². The molecule has 3 aromatic rings. The Morgan fingerprint density at radius 1 is 1.28 bits per heavy atom. The quantitative estimate of drug-likeness (QED) is 0.653. The van der Waals surface area contributed by atoms with E-state index in [4.69, 9.17) is 4.74 Å². The van der Waals surface area contributed by atoms with E-state index in [1.165, 1.54) is 19.2 Å². The Hall–Kier alpha value is -2.51. The molecule has 2 N–H and O–H groups in total. The minimum atomic E-state index is -0.578. The maximum Gasteiger partial charge on any atom is 0.254 e. The van der Waals surface area contributed by atoms with Crippen LogP contribution < -0.4 is 5.32 Å². The fraction of sp³-hybridized carbons (Fsp3) is 0.389. The molecule has 7 heteroatoms. The van der Waals surface area contributed by atoms with Crippen molar-refractivity contribution in [3.05, 3.63) is 42.7 Å². The summed E-state index contributed by atoms with van der Waals surface area (Å²) in [6.45, 7) is 1.45. The Morgan fingerprint density at radius 3 is 2.92 bits per heavy atom. The van der Waals surface area contributed by atoms with E-state index in [0.29, 0.717) is 24.8 Å². The smallest absolute Gasteiger partial charge is 0.254 e. The van der Waals surface area contributed by atoms with Crippen LogP contribution in [0.2, 0.25) is 0 Å². The summed E-state index contributed by atoms with van der Waals surface area (Å²) < 4.78 is 7.17. The highest BCUT2D eigenvalue weighted by Crippen LogP contribution is 2.28. The lowest BCUT2D eigenvalue weighted by Gasteiger charge is -2.14. The number of aromatic nitrogens is 4. The number of fused-ring (bicyclic) bond motifs is 1. The van der Waals surface area contributed by atoms with Gasteiger partial charge in [-0.15, -0.1) is 0 Å². The number of hydrogen-bond acceptors (Lipinski definition) is 6. The first-order valence-electron chi connectivity index (χ1n) is 8.55. The molecule has 7 nitrogen and oxygen atoms in total. The third kappa shape index (κ3) is 3.94. The molecule has 0 saturated heterocycles. The minimum Gasteiger partial charge on any atom is -0.389 e. The predicted octanol–water partition coefficient (Wildman–Crippen LogP) is 1.99. The zero-order valence-electron chi connectivity index (χ0n) is 13.9. The molecule has 1 aliphatic carbocycles. The number of benzene rings is 1. The van der Waals surface area contributed by atoms with Gasteiger partial charge in [0, 0.05) is 24.8 Å². The van der Waals surface area contributed by atoms with Crippen molar-refractivity contribution < 1.29 is 9.84 Å². The van der Waals surface area contributed by atoms with Gasteiger partial charge < -0.3 is 15.2 Å². The first-order valence-corrected chi connectivity index (χ1v) is 8.55. The Labute approximate surface area is 145 Å². The first kappa shape index (κ1) is 16.0. The lowest BCUT2D eigenvalue weighted by atomic mass is 10.1. The summed E-state index contributed by atoms with van der Waals surface area (Å²) >= 11 is 0. The molecule has 4 rings (SSSR count). The van der Waals surface area contributed by atoms with E-state index in [1.54, 1.807) is 4.52 Å². The molecule has 0 spiro atoms. The Morgan fingerprint density at radius 2 is 2.12 bits per heavy atom. The molecule has 1 fully saturated rings. The van der Waals surface area contributed by atoms with E-state index in [0.717, 1.165) is 23.7 Å². The first-order chi connectivity index (χ1) is 12.3. The van der Waals surface area contributed by atoms with Crippen LogP contribution in [-0.2, 0) is 4.74 Å². The van der Waals surface area contributed by atoms with E-state index in [-0.39, 0.29) is 0 Å². The van der Waals surface area contributed by atoms with Gasteiger partial charge in [-0.2, -0.15) is 14.6 Å². The summed E-state index contributed by atoms with van der Waals surface area (Å²) in [5, 5.41) is 17.5. The number of anilines is 1. The minimum absolute atomic E-state index is 0.334. The molecule has 130 valence electrons. The molecule has 1 aliphatic rings. The zero-order chi connectivity index (χ0) is 17.1. The third-order valence-corrected chi connectivity index (χ3v) is 4.20. The summed E-state index contributed by atoms with van der Waals surface area (Å²) in [5.74, 6) is 1.95. The molecule has 1 atom stereocenters. The average Bonchev–Trinajstić information content (AvgIpc) is 3.34. The molecule has 0 aliphatic heterocycles. The van der Waals surface area contributed by atoms with Crippen LogP contribution in [0.15, 0.2) is 42.7 Å². The highest BCUT2D eigenvalue weighted by atomic mass is 16.5. The molecule has 1 saturated carbocycles. The van der Waals surface area contributed by atoms with Crippen LogP contribution in [-0.4, -0.2) is 50.6 Å². The van der Waals surface area contributed by atoms with Crippen molar-refractivity contribution in [3.63, 3.8) is 0 Å². The monoisotopic (exact) mass is 339 g/mol. The van der Waals surface area contributed by atoms with Crippen LogP contribution in [0, 0.1) is 5.92 Å². The largest absolute Gasteiger partial charge is 0.389 e. The fourth-order valence-corrected chi connectivity index (χ4v) is 2.63. The zero-order valence-corrected chi connectivity index (χ0v) is 13.9. The lowest BCUT2D eigenvalue weighted by molar-refractivity contribution is 0.0385. The number of nitrogens with zero attached hydrogens (tertiary/aromatic N) is 4. The van der Waals surface area contributed by atoms with Gasteiger partial charge >= 0.3 is 0 Å². The van der Waals surface area contributed by atoms with E-state index >= 15 is 0 Å². The van der Waals surface area contributed by atoms with E-state index in [9.17, 15) is 5.11 Å². The second-order valence-corrected chi connectivity index (χ2v) is 6.38. The van der Waals surface area contributed by atoms with Gasteiger partial charge in [-0.25, -0.2) is 4.98 Å². The highest BCUT2D eigenvalue weighted by molar-refractivity contribution is 5.65. The summed E-state index contributed by atoms with van der Waals surface area (Å²) in [6, 6.07) is 11.8. The van der Waals surface area contributed by atoms with Crippen molar-refractivity contribution in [1.29, 1.82) is 0 Å². The molecular weight excluding hydrogens is 318 g/mol. The van der Waals surface area contributed by atoms with E-state index in [1.807, 2.05) is 36.4 Å². The number of nitrogens with one attached hydrogen (secondary N) is 1. The third-order valence-electron chi connectivity index (χ3n) is 4.20. The van der Waals surface area contributed by atoms with Crippen molar-refractivity contribution >= 4 is 11.6 Å². The van der Waals surface area contributed by atoms with Gasteiger partial charge in [0.25, 0.3) is 5.78 Å².